The Morgan fingerprint density at radius 1 is 1.46 bits per heavy atom. The van der Waals surface area contributed by atoms with E-state index in [-0.39, 0.29) is 0 Å². The number of rotatable bonds is 0. The highest BCUT2D eigenvalue weighted by molar-refractivity contribution is 7.99. The topological polar surface area (TPSA) is 25.0 Å². The van der Waals surface area contributed by atoms with Crippen molar-refractivity contribution in [3.05, 3.63) is 23.9 Å². The van der Waals surface area contributed by atoms with Gasteiger partial charge in [0.05, 0.1) is 4.90 Å². The number of aromatic nitrogens is 1. The van der Waals surface area contributed by atoms with Gasteiger partial charge in [0.1, 0.15) is 11.7 Å². The van der Waals surface area contributed by atoms with Crippen molar-refractivity contribution >= 4 is 22.7 Å². The standard InChI is InChI=1S/C10H9NOS/c1-6-4-11-8-3-10-9(2-7(6)8)12-5-13-10/h2-4,11H,5H2,1H3. The predicted molar refractivity (Wildman–Crippen MR) is 54.4 cm³/mol. The van der Waals surface area contributed by atoms with E-state index in [9.17, 15) is 0 Å². The van der Waals surface area contributed by atoms with E-state index in [1.807, 2.05) is 6.20 Å². The van der Waals surface area contributed by atoms with Gasteiger partial charge in [0.2, 0.25) is 0 Å². The van der Waals surface area contributed by atoms with E-state index in [0.29, 0.717) is 0 Å². The number of thioether (sulfide) groups is 1. The summed E-state index contributed by atoms with van der Waals surface area (Å²) in [6.45, 7) is 2.10. The fourth-order valence-corrected chi connectivity index (χ4v) is 2.43. The van der Waals surface area contributed by atoms with Gasteiger partial charge in [-0.15, -0.1) is 0 Å². The first kappa shape index (κ1) is 7.33. The minimum Gasteiger partial charge on any atom is -0.481 e. The maximum atomic E-state index is 5.48. The Morgan fingerprint density at radius 2 is 2.38 bits per heavy atom. The fourth-order valence-electron chi connectivity index (χ4n) is 1.65. The molecule has 1 aliphatic rings. The minimum atomic E-state index is 0.751. The van der Waals surface area contributed by atoms with E-state index in [0.717, 1.165) is 11.7 Å². The van der Waals surface area contributed by atoms with Gasteiger partial charge in [0, 0.05) is 17.1 Å². The third-order valence-electron chi connectivity index (χ3n) is 2.38. The first-order chi connectivity index (χ1) is 6.34. The summed E-state index contributed by atoms with van der Waals surface area (Å²) in [6.07, 6.45) is 2.03. The quantitative estimate of drug-likeness (QED) is 0.692. The van der Waals surface area contributed by atoms with Crippen LogP contribution in [0.2, 0.25) is 0 Å². The van der Waals surface area contributed by atoms with Crippen LogP contribution < -0.4 is 4.74 Å². The fraction of sp³-hybridized carbons (Fsp3) is 0.200. The average Bonchev–Trinajstić information content (AvgIpc) is 2.70. The lowest BCUT2D eigenvalue weighted by Crippen LogP contribution is -1.82. The molecule has 13 heavy (non-hydrogen) atoms. The third-order valence-corrected chi connectivity index (χ3v) is 3.25. The van der Waals surface area contributed by atoms with Crippen LogP contribution in [0.25, 0.3) is 10.9 Å². The van der Waals surface area contributed by atoms with Crippen LogP contribution in [0.5, 0.6) is 5.75 Å². The first-order valence-corrected chi connectivity index (χ1v) is 5.20. The molecular formula is C10H9NOS. The number of benzene rings is 1. The van der Waals surface area contributed by atoms with E-state index in [4.69, 9.17) is 4.74 Å². The molecule has 0 aliphatic carbocycles. The van der Waals surface area contributed by atoms with Crippen LogP contribution in [0.3, 0.4) is 0 Å². The predicted octanol–water partition coefficient (Wildman–Crippen LogP) is 2.92. The summed E-state index contributed by atoms with van der Waals surface area (Å²) in [5, 5.41) is 1.27. The number of nitrogens with one attached hydrogen (secondary N) is 1. The van der Waals surface area contributed by atoms with Gasteiger partial charge < -0.3 is 9.72 Å². The minimum absolute atomic E-state index is 0.751. The van der Waals surface area contributed by atoms with Crippen molar-refractivity contribution in [2.75, 3.05) is 5.94 Å². The van der Waals surface area contributed by atoms with Crippen molar-refractivity contribution in [3.63, 3.8) is 0 Å². The molecule has 0 saturated carbocycles. The van der Waals surface area contributed by atoms with Gasteiger partial charge in [0.15, 0.2) is 0 Å². The van der Waals surface area contributed by atoms with Crippen LogP contribution in [0.15, 0.2) is 23.2 Å². The molecule has 0 radical (unpaired) electrons. The monoisotopic (exact) mass is 191 g/mol. The third kappa shape index (κ3) is 0.968. The Hall–Kier alpha value is -1.09. The zero-order valence-electron chi connectivity index (χ0n) is 7.26. The van der Waals surface area contributed by atoms with Crippen LogP contribution in [0, 0.1) is 6.92 Å². The van der Waals surface area contributed by atoms with Crippen molar-refractivity contribution in [2.24, 2.45) is 0 Å². The van der Waals surface area contributed by atoms with Crippen molar-refractivity contribution in [2.45, 2.75) is 11.8 Å². The lowest BCUT2D eigenvalue weighted by atomic mass is 10.2. The molecule has 0 fully saturated rings. The molecule has 1 aliphatic heterocycles. The molecule has 1 N–H and O–H groups in total. The lowest BCUT2D eigenvalue weighted by Gasteiger charge is -1.97. The van der Waals surface area contributed by atoms with Crippen LogP contribution in [0.1, 0.15) is 5.56 Å². The number of hydrogen-bond donors (Lipinski definition) is 1. The number of H-pyrrole nitrogens is 1. The second-order valence-electron chi connectivity index (χ2n) is 3.22. The smallest absolute Gasteiger partial charge is 0.138 e. The number of fused-ring (bicyclic) bond motifs is 2. The molecule has 3 rings (SSSR count). The summed E-state index contributed by atoms with van der Waals surface area (Å²) in [5.41, 5.74) is 2.48. The van der Waals surface area contributed by atoms with Crippen molar-refractivity contribution in [1.29, 1.82) is 0 Å². The molecule has 0 amide bonds. The summed E-state index contributed by atoms with van der Waals surface area (Å²) in [4.78, 5) is 4.49. The summed E-state index contributed by atoms with van der Waals surface area (Å²) in [6, 6.07) is 4.28. The maximum Gasteiger partial charge on any atom is 0.138 e. The largest absolute Gasteiger partial charge is 0.481 e. The van der Waals surface area contributed by atoms with Crippen LogP contribution in [0.4, 0.5) is 0 Å². The molecule has 0 saturated heterocycles. The van der Waals surface area contributed by atoms with E-state index in [1.165, 1.54) is 21.4 Å². The number of aryl methyl sites for hydroxylation is 1. The second kappa shape index (κ2) is 2.45. The highest BCUT2D eigenvalue weighted by atomic mass is 32.2. The number of hydrogen-bond acceptors (Lipinski definition) is 2. The lowest BCUT2D eigenvalue weighted by molar-refractivity contribution is 0.398. The van der Waals surface area contributed by atoms with Crippen molar-refractivity contribution in [1.82, 2.24) is 4.98 Å². The molecule has 0 atom stereocenters. The molecule has 0 bridgehead atoms. The van der Waals surface area contributed by atoms with E-state index in [1.54, 1.807) is 11.8 Å². The van der Waals surface area contributed by atoms with Gasteiger partial charge in [-0.2, -0.15) is 0 Å². The van der Waals surface area contributed by atoms with Gasteiger partial charge in [-0.05, 0) is 24.6 Å². The van der Waals surface area contributed by atoms with Gasteiger partial charge in [-0.3, -0.25) is 0 Å². The van der Waals surface area contributed by atoms with Gasteiger partial charge in [-0.25, -0.2) is 0 Å². The maximum absolute atomic E-state index is 5.48. The highest BCUT2D eigenvalue weighted by Crippen LogP contribution is 2.39. The molecule has 1 aromatic carbocycles. The van der Waals surface area contributed by atoms with E-state index in [2.05, 4.69) is 24.0 Å². The van der Waals surface area contributed by atoms with Crippen LogP contribution in [-0.2, 0) is 0 Å². The molecule has 0 spiro atoms. The summed E-state index contributed by atoms with van der Waals surface area (Å²) >= 11 is 1.75. The average molecular weight is 191 g/mol. The molecule has 3 heteroatoms. The van der Waals surface area contributed by atoms with Gasteiger partial charge in [-0.1, -0.05) is 11.8 Å². The van der Waals surface area contributed by atoms with Crippen molar-refractivity contribution in [3.8, 4) is 5.75 Å². The summed E-state index contributed by atoms with van der Waals surface area (Å²) < 4.78 is 5.48. The van der Waals surface area contributed by atoms with Gasteiger partial charge >= 0.3 is 0 Å². The molecule has 1 aromatic heterocycles. The summed E-state index contributed by atoms with van der Waals surface area (Å²) in [5.74, 6) is 1.78. The Kier molecular flexibility index (Phi) is 1.38. The summed E-state index contributed by atoms with van der Waals surface area (Å²) in [7, 11) is 0. The Balaban J connectivity index is 2.38. The normalized spacial score (nSPS) is 14.5. The Labute approximate surface area is 80.3 Å². The van der Waals surface area contributed by atoms with Crippen LogP contribution >= 0.6 is 11.8 Å². The molecule has 66 valence electrons. The zero-order valence-corrected chi connectivity index (χ0v) is 8.07. The van der Waals surface area contributed by atoms with E-state index < -0.39 is 0 Å². The number of aromatic amines is 1. The number of ether oxygens (including phenoxy) is 1. The highest BCUT2D eigenvalue weighted by Gasteiger charge is 2.14. The SMILES string of the molecule is Cc1c[nH]c2cc3c(cc12)OCS3. The molecule has 2 aromatic rings. The second-order valence-corrected chi connectivity index (χ2v) is 4.19. The first-order valence-electron chi connectivity index (χ1n) is 4.22. The molecule has 0 unspecified atom stereocenters. The van der Waals surface area contributed by atoms with Crippen molar-refractivity contribution < 1.29 is 4.74 Å². The zero-order chi connectivity index (χ0) is 8.84. The van der Waals surface area contributed by atoms with E-state index >= 15 is 0 Å². The Morgan fingerprint density at radius 3 is 3.31 bits per heavy atom. The van der Waals surface area contributed by atoms with Gasteiger partial charge in [0.25, 0.3) is 0 Å². The molecule has 2 nitrogen and oxygen atoms in total. The molecule has 2 heterocycles. The van der Waals surface area contributed by atoms with Crippen LogP contribution in [-0.4, -0.2) is 10.9 Å². The Bertz CT molecular complexity index is 475. The molecular weight excluding hydrogens is 182 g/mol.